The van der Waals surface area contributed by atoms with E-state index in [0.717, 1.165) is 50.1 Å². The lowest BCUT2D eigenvalue weighted by atomic mass is 10.1. The summed E-state index contributed by atoms with van der Waals surface area (Å²) >= 11 is 1.82. The van der Waals surface area contributed by atoms with Crippen LogP contribution in [0.3, 0.4) is 0 Å². The maximum absolute atomic E-state index is 14.0. The normalized spacial score (nSPS) is 15.2. The van der Waals surface area contributed by atoms with Gasteiger partial charge in [0.05, 0.1) is 11.6 Å². The third-order valence-corrected chi connectivity index (χ3v) is 7.01. The Kier molecular flexibility index (Phi) is 5.90. The highest BCUT2D eigenvalue weighted by Gasteiger charge is 2.24. The summed E-state index contributed by atoms with van der Waals surface area (Å²) in [4.78, 5) is 16.2. The van der Waals surface area contributed by atoms with Crippen LogP contribution in [0.2, 0.25) is 0 Å². The summed E-state index contributed by atoms with van der Waals surface area (Å²) in [5.41, 5.74) is -0.327. The number of carbonyl (C=O) groups excluding carboxylic acids is 1. The number of fused-ring (bicyclic) bond motifs is 2. The molecule has 170 valence electrons. The van der Waals surface area contributed by atoms with Crippen molar-refractivity contribution in [1.29, 1.82) is 0 Å². The number of rotatable bonds is 5. The first kappa shape index (κ1) is 21.7. The monoisotopic (exact) mass is 467 g/mol. The Labute approximate surface area is 193 Å². The molecule has 0 aliphatic carbocycles. The molecule has 0 bridgehead atoms. The molecule has 0 saturated carbocycles. The van der Waals surface area contributed by atoms with E-state index in [0.29, 0.717) is 12.4 Å². The van der Waals surface area contributed by atoms with E-state index in [9.17, 15) is 13.6 Å². The summed E-state index contributed by atoms with van der Waals surface area (Å²) in [7, 11) is 0. The largest absolute Gasteiger partial charge is 0.342 e. The van der Waals surface area contributed by atoms with Gasteiger partial charge < -0.3 is 9.88 Å². The van der Waals surface area contributed by atoms with Gasteiger partial charge in [-0.1, -0.05) is 18.2 Å². The van der Waals surface area contributed by atoms with Crippen molar-refractivity contribution < 1.29 is 13.6 Å². The molecular weight excluding hydrogens is 444 g/mol. The number of hydrogen-bond acceptors (Lipinski definition) is 5. The van der Waals surface area contributed by atoms with Crippen molar-refractivity contribution in [3.05, 3.63) is 82.3 Å². The third kappa shape index (κ3) is 4.51. The summed E-state index contributed by atoms with van der Waals surface area (Å²) in [6, 6.07) is 13.0. The summed E-state index contributed by atoms with van der Waals surface area (Å²) in [5.74, 6) is -0.639. The molecule has 0 spiro atoms. The van der Waals surface area contributed by atoms with Crippen LogP contribution in [-0.4, -0.2) is 38.7 Å². The Morgan fingerprint density at radius 2 is 1.97 bits per heavy atom. The van der Waals surface area contributed by atoms with E-state index in [1.807, 2.05) is 15.9 Å². The molecule has 33 heavy (non-hydrogen) atoms. The Morgan fingerprint density at radius 3 is 2.82 bits per heavy atom. The molecule has 5 rings (SSSR count). The maximum Gasteiger partial charge on any atom is 0.254 e. The van der Waals surface area contributed by atoms with Crippen LogP contribution in [-0.2, 0) is 19.5 Å². The van der Waals surface area contributed by atoms with Gasteiger partial charge >= 0.3 is 0 Å². The van der Waals surface area contributed by atoms with Gasteiger partial charge in [0.1, 0.15) is 17.5 Å². The van der Waals surface area contributed by atoms with Gasteiger partial charge in [0.25, 0.3) is 5.91 Å². The second-order valence-corrected chi connectivity index (χ2v) is 9.39. The number of carbonyl (C=O) groups is 1. The van der Waals surface area contributed by atoms with Gasteiger partial charge in [-0.25, -0.2) is 8.78 Å². The molecular formula is C24H23F2N5OS. The minimum absolute atomic E-state index is 0.327. The first-order valence-corrected chi connectivity index (χ1v) is 11.7. The van der Waals surface area contributed by atoms with Crippen LogP contribution in [0.25, 0.3) is 10.1 Å². The fourth-order valence-electron chi connectivity index (χ4n) is 4.21. The van der Waals surface area contributed by atoms with Crippen LogP contribution < -0.4 is 5.32 Å². The smallest absolute Gasteiger partial charge is 0.254 e. The summed E-state index contributed by atoms with van der Waals surface area (Å²) in [5, 5.41) is 12.6. The Balaban J connectivity index is 1.27. The van der Waals surface area contributed by atoms with Crippen LogP contribution in [0.1, 0.15) is 39.8 Å². The van der Waals surface area contributed by atoms with Gasteiger partial charge in [0, 0.05) is 42.2 Å². The Morgan fingerprint density at radius 1 is 1.12 bits per heavy atom. The zero-order valence-corrected chi connectivity index (χ0v) is 18.9. The predicted molar refractivity (Wildman–Crippen MR) is 123 cm³/mol. The number of thiophene rings is 1. The standard InChI is InChI=1S/C24H23F2N5OS/c1-15(27-24(32)19-13-17(25)6-7-20(19)26)23-29-28-22-8-9-30(10-11-31(22)23)14-18-12-16-4-2-3-5-21(16)33-18/h2-7,12-13,15H,8-11,14H2,1H3,(H,27,32). The highest BCUT2D eigenvalue weighted by molar-refractivity contribution is 7.19. The Bertz CT molecular complexity index is 1280. The van der Waals surface area contributed by atoms with E-state index in [4.69, 9.17) is 0 Å². The van der Waals surface area contributed by atoms with E-state index in [1.54, 1.807) is 6.92 Å². The second kappa shape index (κ2) is 8.99. The van der Waals surface area contributed by atoms with E-state index in [1.165, 1.54) is 15.0 Å². The number of halogens is 2. The van der Waals surface area contributed by atoms with E-state index in [-0.39, 0.29) is 5.56 Å². The van der Waals surface area contributed by atoms with Gasteiger partial charge in [-0.2, -0.15) is 0 Å². The fourth-order valence-corrected chi connectivity index (χ4v) is 5.32. The number of nitrogens with zero attached hydrogens (tertiary/aromatic N) is 4. The topological polar surface area (TPSA) is 63.1 Å². The number of benzene rings is 2. The number of nitrogens with one attached hydrogen (secondary N) is 1. The molecule has 0 fully saturated rings. The van der Waals surface area contributed by atoms with Crippen molar-refractivity contribution in [2.75, 3.05) is 13.1 Å². The lowest BCUT2D eigenvalue weighted by Crippen LogP contribution is -2.30. The average molecular weight is 468 g/mol. The SMILES string of the molecule is CC(NC(=O)c1cc(F)ccc1F)c1nnc2n1CCN(Cc1cc3ccccc3s1)CC2. The van der Waals surface area contributed by atoms with Crippen molar-refractivity contribution >= 4 is 27.3 Å². The van der Waals surface area contributed by atoms with Crippen LogP contribution in [0.5, 0.6) is 0 Å². The molecule has 0 radical (unpaired) electrons. The number of aromatic nitrogens is 3. The lowest BCUT2D eigenvalue weighted by Gasteiger charge is -2.19. The first-order chi connectivity index (χ1) is 16.0. The van der Waals surface area contributed by atoms with Crippen molar-refractivity contribution in [3.8, 4) is 0 Å². The van der Waals surface area contributed by atoms with Gasteiger partial charge in [-0.05, 0) is 42.6 Å². The molecule has 2 aromatic carbocycles. The third-order valence-electron chi connectivity index (χ3n) is 5.91. The molecule has 1 atom stereocenters. The van der Waals surface area contributed by atoms with Gasteiger partial charge in [-0.3, -0.25) is 9.69 Å². The van der Waals surface area contributed by atoms with Crippen LogP contribution in [0.4, 0.5) is 8.78 Å². The maximum atomic E-state index is 14.0. The van der Waals surface area contributed by atoms with Crippen molar-refractivity contribution in [3.63, 3.8) is 0 Å². The van der Waals surface area contributed by atoms with Gasteiger partial charge in [0.15, 0.2) is 5.82 Å². The molecule has 1 unspecified atom stereocenters. The van der Waals surface area contributed by atoms with Crippen molar-refractivity contribution in [2.45, 2.75) is 32.5 Å². The quantitative estimate of drug-likeness (QED) is 0.475. The molecule has 1 aliphatic heterocycles. The molecule has 9 heteroatoms. The molecule has 1 N–H and O–H groups in total. The zero-order chi connectivity index (χ0) is 22.9. The average Bonchev–Trinajstić information content (AvgIpc) is 3.35. The minimum Gasteiger partial charge on any atom is -0.342 e. The van der Waals surface area contributed by atoms with Crippen LogP contribution >= 0.6 is 11.3 Å². The van der Waals surface area contributed by atoms with Gasteiger partial charge in [-0.15, -0.1) is 21.5 Å². The van der Waals surface area contributed by atoms with Crippen molar-refractivity contribution in [2.24, 2.45) is 0 Å². The van der Waals surface area contributed by atoms with E-state index < -0.39 is 23.6 Å². The molecule has 1 aliphatic rings. The van der Waals surface area contributed by atoms with Crippen LogP contribution in [0, 0.1) is 11.6 Å². The summed E-state index contributed by atoms with van der Waals surface area (Å²) in [6.07, 6.45) is 0.747. The highest BCUT2D eigenvalue weighted by atomic mass is 32.1. The predicted octanol–water partition coefficient (Wildman–Crippen LogP) is 4.32. The molecule has 0 saturated heterocycles. The zero-order valence-electron chi connectivity index (χ0n) is 18.1. The summed E-state index contributed by atoms with van der Waals surface area (Å²) in [6.45, 7) is 5.02. The minimum atomic E-state index is -0.766. The van der Waals surface area contributed by atoms with Gasteiger partial charge in [0.2, 0.25) is 0 Å². The van der Waals surface area contributed by atoms with Crippen molar-refractivity contribution in [1.82, 2.24) is 25.0 Å². The van der Waals surface area contributed by atoms with E-state index in [2.05, 4.69) is 50.7 Å². The Hall–Kier alpha value is -3.17. The molecule has 3 heterocycles. The molecule has 4 aromatic rings. The first-order valence-electron chi connectivity index (χ1n) is 10.9. The van der Waals surface area contributed by atoms with Crippen LogP contribution in [0.15, 0.2) is 48.5 Å². The number of hydrogen-bond donors (Lipinski definition) is 1. The highest BCUT2D eigenvalue weighted by Crippen LogP contribution is 2.27. The summed E-state index contributed by atoms with van der Waals surface area (Å²) < 4.78 is 30.7. The lowest BCUT2D eigenvalue weighted by molar-refractivity contribution is 0.0933. The number of amides is 1. The molecule has 6 nitrogen and oxygen atoms in total. The second-order valence-electron chi connectivity index (χ2n) is 8.22. The fraction of sp³-hybridized carbons (Fsp3) is 0.292. The molecule has 1 amide bonds. The van der Waals surface area contributed by atoms with E-state index >= 15 is 0 Å². The molecule has 2 aromatic heterocycles.